The maximum atomic E-state index is 12.1. The summed E-state index contributed by atoms with van der Waals surface area (Å²) < 4.78 is 0. The van der Waals surface area contributed by atoms with E-state index in [1.807, 2.05) is 25.1 Å². The van der Waals surface area contributed by atoms with Crippen LogP contribution < -0.4 is 5.32 Å². The zero-order chi connectivity index (χ0) is 15.2. The van der Waals surface area contributed by atoms with Crippen molar-refractivity contribution in [3.05, 3.63) is 70.3 Å². The van der Waals surface area contributed by atoms with E-state index in [2.05, 4.69) is 5.32 Å². The SMILES string of the molecule is Cc1ccc(NC(=O)C(C#N)=Cc2cccc(Cl)c2)cc1. The number of nitriles is 1. The summed E-state index contributed by atoms with van der Waals surface area (Å²) in [7, 11) is 0. The van der Waals surface area contributed by atoms with Gasteiger partial charge in [-0.2, -0.15) is 5.26 Å². The average Bonchev–Trinajstić information content (AvgIpc) is 2.47. The maximum Gasteiger partial charge on any atom is 0.266 e. The van der Waals surface area contributed by atoms with Crippen LogP contribution in [0.5, 0.6) is 0 Å². The molecule has 0 aliphatic carbocycles. The summed E-state index contributed by atoms with van der Waals surface area (Å²) in [6.45, 7) is 1.96. The van der Waals surface area contributed by atoms with Crippen LogP contribution >= 0.6 is 11.6 Å². The normalized spacial score (nSPS) is 10.8. The number of hydrogen-bond donors (Lipinski definition) is 1. The molecule has 1 amide bonds. The minimum absolute atomic E-state index is 0.0258. The van der Waals surface area contributed by atoms with Crippen molar-refractivity contribution in [2.45, 2.75) is 6.92 Å². The van der Waals surface area contributed by atoms with E-state index in [1.54, 1.807) is 36.4 Å². The van der Waals surface area contributed by atoms with Crippen LogP contribution in [0.15, 0.2) is 54.1 Å². The lowest BCUT2D eigenvalue weighted by Crippen LogP contribution is -2.13. The van der Waals surface area contributed by atoms with Crippen molar-refractivity contribution in [3.8, 4) is 6.07 Å². The molecule has 0 aliphatic heterocycles. The van der Waals surface area contributed by atoms with E-state index in [9.17, 15) is 4.79 Å². The van der Waals surface area contributed by atoms with Crippen molar-refractivity contribution in [1.82, 2.24) is 0 Å². The van der Waals surface area contributed by atoms with Gasteiger partial charge in [0.05, 0.1) is 0 Å². The van der Waals surface area contributed by atoms with Gasteiger partial charge in [0.15, 0.2) is 0 Å². The molecule has 104 valence electrons. The molecule has 1 N–H and O–H groups in total. The third kappa shape index (κ3) is 4.20. The summed E-state index contributed by atoms with van der Waals surface area (Å²) in [4.78, 5) is 12.1. The first-order chi connectivity index (χ1) is 10.1. The molecule has 0 fully saturated rings. The number of anilines is 1. The number of hydrogen-bond acceptors (Lipinski definition) is 2. The van der Waals surface area contributed by atoms with Crippen LogP contribution in [-0.2, 0) is 4.79 Å². The van der Waals surface area contributed by atoms with Crippen LogP contribution in [0.1, 0.15) is 11.1 Å². The van der Waals surface area contributed by atoms with Gasteiger partial charge in [-0.05, 0) is 42.8 Å². The van der Waals surface area contributed by atoms with Crippen molar-refractivity contribution in [1.29, 1.82) is 5.26 Å². The van der Waals surface area contributed by atoms with Gasteiger partial charge in [0, 0.05) is 10.7 Å². The van der Waals surface area contributed by atoms with Crippen molar-refractivity contribution in [2.75, 3.05) is 5.32 Å². The Labute approximate surface area is 128 Å². The average molecular weight is 297 g/mol. The molecule has 0 bridgehead atoms. The third-order valence-corrected chi connectivity index (χ3v) is 3.07. The Morgan fingerprint density at radius 3 is 2.57 bits per heavy atom. The summed E-state index contributed by atoms with van der Waals surface area (Å²) >= 11 is 5.88. The Balaban J connectivity index is 2.19. The molecule has 3 nitrogen and oxygen atoms in total. The molecular formula is C17H13ClN2O. The number of benzene rings is 2. The third-order valence-electron chi connectivity index (χ3n) is 2.83. The molecule has 0 saturated carbocycles. The lowest BCUT2D eigenvalue weighted by atomic mass is 10.1. The van der Waals surface area contributed by atoms with Gasteiger partial charge in [-0.25, -0.2) is 0 Å². The topological polar surface area (TPSA) is 52.9 Å². The van der Waals surface area contributed by atoms with E-state index < -0.39 is 5.91 Å². The number of rotatable bonds is 3. The fraction of sp³-hybridized carbons (Fsp3) is 0.0588. The lowest BCUT2D eigenvalue weighted by Gasteiger charge is -2.04. The Morgan fingerprint density at radius 1 is 1.24 bits per heavy atom. The number of nitrogens with one attached hydrogen (secondary N) is 1. The Bertz CT molecular complexity index is 727. The van der Waals surface area contributed by atoms with E-state index in [-0.39, 0.29) is 5.57 Å². The highest BCUT2D eigenvalue weighted by atomic mass is 35.5. The predicted octanol–water partition coefficient (Wildman–Crippen LogP) is 4.19. The van der Waals surface area contributed by atoms with Crippen LogP contribution in [0, 0.1) is 18.3 Å². The zero-order valence-electron chi connectivity index (χ0n) is 11.4. The summed E-state index contributed by atoms with van der Waals surface area (Å²) in [6.07, 6.45) is 1.51. The van der Waals surface area contributed by atoms with Gasteiger partial charge in [-0.3, -0.25) is 4.79 Å². The van der Waals surface area contributed by atoms with E-state index >= 15 is 0 Å². The molecule has 0 saturated heterocycles. The zero-order valence-corrected chi connectivity index (χ0v) is 12.2. The lowest BCUT2D eigenvalue weighted by molar-refractivity contribution is -0.112. The summed E-state index contributed by atoms with van der Waals surface area (Å²) in [6, 6.07) is 16.2. The molecule has 0 unspecified atom stereocenters. The minimum Gasteiger partial charge on any atom is -0.321 e. The van der Waals surface area contributed by atoms with Gasteiger partial charge in [0.25, 0.3) is 5.91 Å². The second-order valence-corrected chi connectivity index (χ2v) is 4.98. The fourth-order valence-corrected chi connectivity index (χ4v) is 1.95. The molecule has 2 rings (SSSR count). The standard InChI is InChI=1S/C17H13ClN2O/c1-12-5-7-16(8-6-12)20-17(21)14(11-19)9-13-3-2-4-15(18)10-13/h2-10H,1H3,(H,20,21). The summed E-state index contributed by atoms with van der Waals surface area (Å²) in [5.74, 6) is -0.443. The highest BCUT2D eigenvalue weighted by Crippen LogP contribution is 2.15. The number of carbonyl (C=O) groups is 1. The van der Waals surface area contributed by atoms with Crippen LogP contribution in [-0.4, -0.2) is 5.91 Å². The molecule has 2 aromatic rings. The molecule has 4 heteroatoms. The number of nitrogens with zero attached hydrogens (tertiary/aromatic N) is 1. The molecule has 21 heavy (non-hydrogen) atoms. The monoisotopic (exact) mass is 296 g/mol. The van der Waals surface area contributed by atoms with E-state index in [4.69, 9.17) is 16.9 Å². The number of carbonyl (C=O) groups excluding carboxylic acids is 1. The first kappa shape index (κ1) is 14.8. The molecule has 0 radical (unpaired) electrons. The summed E-state index contributed by atoms with van der Waals surface area (Å²) in [5.41, 5.74) is 2.48. The van der Waals surface area contributed by atoms with Crippen LogP contribution in [0.25, 0.3) is 6.08 Å². The highest BCUT2D eigenvalue weighted by Gasteiger charge is 2.09. The van der Waals surface area contributed by atoms with Gasteiger partial charge >= 0.3 is 0 Å². The number of amides is 1. The van der Waals surface area contributed by atoms with Gasteiger partial charge in [0.1, 0.15) is 11.6 Å². The molecule has 0 aliphatic rings. The van der Waals surface area contributed by atoms with Crippen LogP contribution in [0.3, 0.4) is 0 Å². The first-order valence-corrected chi connectivity index (χ1v) is 6.71. The van der Waals surface area contributed by atoms with Crippen molar-refractivity contribution >= 4 is 29.3 Å². The quantitative estimate of drug-likeness (QED) is 0.682. The van der Waals surface area contributed by atoms with Gasteiger partial charge in [-0.1, -0.05) is 41.4 Å². The van der Waals surface area contributed by atoms with Gasteiger partial charge in [-0.15, -0.1) is 0 Å². The van der Waals surface area contributed by atoms with E-state index in [0.717, 1.165) is 5.56 Å². The molecule has 0 heterocycles. The van der Waals surface area contributed by atoms with Gasteiger partial charge < -0.3 is 5.32 Å². The Kier molecular flexibility index (Phi) is 4.76. The largest absolute Gasteiger partial charge is 0.321 e. The van der Waals surface area contributed by atoms with Crippen LogP contribution in [0.4, 0.5) is 5.69 Å². The number of halogens is 1. The molecular weight excluding hydrogens is 284 g/mol. The smallest absolute Gasteiger partial charge is 0.266 e. The second kappa shape index (κ2) is 6.74. The molecule has 0 aromatic heterocycles. The predicted molar refractivity (Wildman–Crippen MR) is 84.9 cm³/mol. The van der Waals surface area contributed by atoms with Crippen molar-refractivity contribution in [2.24, 2.45) is 0 Å². The molecule has 0 spiro atoms. The Hall–Kier alpha value is -2.57. The maximum absolute atomic E-state index is 12.1. The van der Waals surface area contributed by atoms with E-state index in [1.165, 1.54) is 6.08 Å². The van der Waals surface area contributed by atoms with Crippen molar-refractivity contribution in [3.63, 3.8) is 0 Å². The first-order valence-electron chi connectivity index (χ1n) is 6.34. The molecule has 0 atom stereocenters. The van der Waals surface area contributed by atoms with Gasteiger partial charge in [0.2, 0.25) is 0 Å². The summed E-state index contributed by atoms with van der Waals surface area (Å²) in [5, 5.41) is 12.4. The van der Waals surface area contributed by atoms with Crippen LogP contribution in [0.2, 0.25) is 5.02 Å². The fourth-order valence-electron chi connectivity index (χ4n) is 1.75. The van der Waals surface area contributed by atoms with Crippen molar-refractivity contribution < 1.29 is 4.79 Å². The highest BCUT2D eigenvalue weighted by molar-refractivity contribution is 6.30. The minimum atomic E-state index is -0.443. The second-order valence-electron chi connectivity index (χ2n) is 4.54. The molecule has 2 aromatic carbocycles. The van der Waals surface area contributed by atoms with E-state index in [0.29, 0.717) is 16.3 Å². The Morgan fingerprint density at radius 2 is 1.95 bits per heavy atom. The number of aryl methyl sites for hydroxylation is 1.